The molecule has 6 heteroatoms. The van der Waals surface area contributed by atoms with Crippen molar-refractivity contribution in [2.45, 2.75) is 70.6 Å². The van der Waals surface area contributed by atoms with Crippen LogP contribution in [0.5, 0.6) is 0 Å². The van der Waals surface area contributed by atoms with E-state index in [1.54, 1.807) is 0 Å². The van der Waals surface area contributed by atoms with Crippen LogP contribution in [0.15, 0.2) is 97.1 Å². The third kappa shape index (κ3) is 5.13. The average molecular weight is 672 g/mol. The highest BCUT2D eigenvalue weighted by molar-refractivity contribution is 6.62. The van der Waals surface area contributed by atoms with Gasteiger partial charge in [0, 0.05) is 5.92 Å². The van der Waals surface area contributed by atoms with Crippen LogP contribution in [0.1, 0.15) is 98.9 Å². The SMILES string of the molecule is CC1c2cc(B3OCCO3)ccc2-c2cc3c(cc21)-c1ccc(B2OCCO2)cc1C3(c1ccc(C(C)(C)C)cc1)c1ccc(C(C)(C)C)cc1. The molecule has 4 aliphatic rings. The van der Waals surface area contributed by atoms with E-state index in [1.807, 2.05) is 0 Å². The van der Waals surface area contributed by atoms with Crippen LogP contribution >= 0.6 is 0 Å². The molecular formula is C45H46B2O4. The second-order valence-electron chi connectivity index (χ2n) is 16.9. The van der Waals surface area contributed by atoms with Gasteiger partial charge in [-0.05, 0) is 101 Å². The lowest BCUT2D eigenvalue weighted by Crippen LogP contribution is -2.35. The van der Waals surface area contributed by atoms with Gasteiger partial charge in [-0.25, -0.2) is 0 Å². The van der Waals surface area contributed by atoms with Gasteiger partial charge < -0.3 is 18.6 Å². The summed E-state index contributed by atoms with van der Waals surface area (Å²) in [4.78, 5) is 0. The van der Waals surface area contributed by atoms with Crippen LogP contribution in [0.25, 0.3) is 22.3 Å². The predicted octanol–water partition coefficient (Wildman–Crippen LogP) is 8.26. The van der Waals surface area contributed by atoms with Gasteiger partial charge in [0.1, 0.15) is 0 Å². The molecule has 2 heterocycles. The molecule has 9 rings (SSSR count). The van der Waals surface area contributed by atoms with E-state index < -0.39 is 5.41 Å². The van der Waals surface area contributed by atoms with E-state index in [0.717, 1.165) is 10.9 Å². The normalized spacial score (nSPS) is 18.9. The Labute approximate surface area is 303 Å². The van der Waals surface area contributed by atoms with Gasteiger partial charge >= 0.3 is 14.2 Å². The zero-order chi connectivity index (χ0) is 35.3. The fourth-order valence-electron chi connectivity index (χ4n) is 8.97. The monoisotopic (exact) mass is 672 g/mol. The fourth-order valence-corrected chi connectivity index (χ4v) is 8.97. The van der Waals surface area contributed by atoms with Gasteiger partial charge in [-0.15, -0.1) is 0 Å². The predicted molar refractivity (Wildman–Crippen MR) is 209 cm³/mol. The molecule has 1 unspecified atom stereocenters. The minimum Gasteiger partial charge on any atom is -0.405 e. The summed E-state index contributed by atoms with van der Waals surface area (Å²) in [5.41, 5.74) is 17.4. The van der Waals surface area contributed by atoms with Crippen molar-refractivity contribution in [2.75, 3.05) is 26.4 Å². The molecule has 0 spiro atoms. The Bertz CT molecular complexity index is 2090. The molecule has 0 amide bonds. The molecule has 0 saturated carbocycles. The van der Waals surface area contributed by atoms with Crippen molar-refractivity contribution in [1.29, 1.82) is 0 Å². The third-order valence-corrected chi connectivity index (χ3v) is 11.8. The molecule has 256 valence electrons. The first-order valence-electron chi connectivity index (χ1n) is 18.6. The van der Waals surface area contributed by atoms with Crippen molar-refractivity contribution in [2.24, 2.45) is 0 Å². The minimum absolute atomic E-state index is 0.0456. The van der Waals surface area contributed by atoms with Crippen molar-refractivity contribution >= 4 is 25.2 Å². The van der Waals surface area contributed by atoms with Crippen molar-refractivity contribution in [3.8, 4) is 22.3 Å². The van der Waals surface area contributed by atoms with Gasteiger partial charge in [0.25, 0.3) is 0 Å². The van der Waals surface area contributed by atoms with E-state index in [4.69, 9.17) is 18.6 Å². The molecule has 0 radical (unpaired) electrons. The minimum atomic E-state index is -0.557. The molecule has 4 nitrogen and oxygen atoms in total. The van der Waals surface area contributed by atoms with Crippen LogP contribution in [-0.4, -0.2) is 40.7 Å². The van der Waals surface area contributed by atoms with Gasteiger partial charge in [0.2, 0.25) is 0 Å². The highest BCUT2D eigenvalue weighted by atomic mass is 16.6. The summed E-state index contributed by atoms with van der Waals surface area (Å²) in [6.07, 6.45) is 0. The van der Waals surface area contributed by atoms with Gasteiger partial charge in [-0.2, -0.15) is 0 Å². The number of hydrogen-bond acceptors (Lipinski definition) is 4. The summed E-state index contributed by atoms with van der Waals surface area (Å²) in [5, 5.41) is 0. The first kappa shape index (κ1) is 32.9. The van der Waals surface area contributed by atoms with Crippen molar-refractivity contribution in [1.82, 2.24) is 0 Å². The van der Waals surface area contributed by atoms with E-state index >= 15 is 0 Å². The summed E-state index contributed by atoms with van der Waals surface area (Å²) in [5.74, 6) is 0.247. The van der Waals surface area contributed by atoms with Gasteiger partial charge in [0.05, 0.1) is 31.8 Å². The number of fused-ring (bicyclic) bond motifs is 6. The van der Waals surface area contributed by atoms with Crippen LogP contribution in [0.3, 0.4) is 0 Å². The molecular weight excluding hydrogens is 626 g/mol. The van der Waals surface area contributed by atoms with Crippen LogP contribution in [-0.2, 0) is 34.9 Å². The smallest absolute Gasteiger partial charge is 0.405 e. The lowest BCUT2D eigenvalue weighted by molar-refractivity contribution is 0.365. The van der Waals surface area contributed by atoms with E-state index in [2.05, 4.69) is 146 Å². The molecule has 0 N–H and O–H groups in total. The Hall–Kier alpha value is -3.93. The Balaban J connectivity index is 1.32. The summed E-state index contributed by atoms with van der Waals surface area (Å²) < 4.78 is 24.0. The first-order chi connectivity index (χ1) is 24.4. The maximum absolute atomic E-state index is 6.09. The summed E-state index contributed by atoms with van der Waals surface area (Å²) >= 11 is 0. The van der Waals surface area contributed by atoms with Crippen LogP contribution < -0.4 is 10.9 Å². The molecule has 2 fully saturated rings. The number of rotatable bonds is 4. The Morgan fingerprint density at radius 2 is 0.941 bits per heavy atom. The van der Waals surface area contributed by atoms with Gasteiger partial charge in [0.15, 0.2) is 0 Å². The molecule has 2 saturated heterocycles. The van der Waals surface area contributed by atoms with Gasteiger partial charge in [-0.1, -0.05) is 133 Å². The van der Waals surface area contributed by atoms with Crippen molar-refractivity contribution in [3.63, 3.8) is 0 Å². The molecule has 2 aliphatic heterocycles. The molecule has 5 aromatic rings. The lowest BCUT2D eigenvalue weighted by Gasteiger charge is -2.35. The molecule has 51 heavy (non-hydrogen) atoms. The van der Waals surface area contributed by atoms with Gasteiger partial charge in [-0.3, -0.25) is 0 Å². The highest BCUT2D eigenvalue weighted by Crippen LogP contribution is 2.59. The van der Waals surface area contributed by atoms with E-state index in [1.165, 1.54) is 66.8 Å². The lowest BCUT2D eigenvalue weighted by atomic mass is 9.65. The number of hydrogen-bond donors (Lipinski definition) is 0. The Kier molecular flexibility index (Phi) is 7.62. The summed E-state index contributed by atoms with van der Waals surface area (Å²) in [6, 6.07) is 37.6. The quantitative estimate of drug-likeness (QED) is 0.177. The van der Waals surface area contributed by atoms with E-state index in [9.17, 15) is 0 Å². The third-order valence-electron chi connectivity index (χ3n) is 11.8. The maximum Gasteiger partial charge on any atom is 0.494 e. The average Bonchev–Trinajstić information content (AvgIpc) is 3.94. The van der Waals surface area contributed by atoms with Crippen LogP contribution in [0, 0.1) is 0 Å². The zero-order valence-corrected chi connectivity index (χ0v) is 30.9. The Morgan fingerprint density at radius 1 is 0.490 bits per heavy atom. The second-order valence-corrected chi connectivity index (χ2v) is 16.9. The second kappa shape index (κ2) is 11.8. The standard InChI is InChI=1S/C45H46B2O4/c1-28-37-24-33(46-48-20-21-49-46)16-18-35(37)39-27-42-40(26-38(28)39)36-19-17-34(47-50-22-23-51-47)25-41(36)45(42,31-12-8-29(9-13-31)43(2,3)4)32-14-10-30(11-15-32)44(5,6)7/h8-19,24-28H,20-23H2,1-7H3. The molecule has 0 bridgehead atoms. The first-order valence-corrected chi connectivity index (χ1v) is 18.6. The maximum atomic E-state index is 6.09. The van der Waals surface area contributed by atoms with E-state index in [0.29, 0.717) is 26.4 Å². The van der Waals surface area contributed by atoms with Crippen molar-refractivity contribution in [3.05, 3.63) is 142 Å². The summed E-state index contributed by atoms with van der Waals surface area (Å²) in [6.45, 7) is 18.6. The van der Waals surface area contributed by atoms with E-state index in [-0.39, 0.29) is 31.0 Å². The molecule has 1 atom stereocenters. The van der Waals surface area contributed by atoms with Crippen LogP contribution in [0.4, 0.5) is 0 Å². The number of benzene rings is 5. The largest absolute Gasteiger partial charge is 0.494 e. The topological polar surface area (TPSA) is 36.9 Å². The molecule has 2 aliphatic carbocycles. The zero-order valence-electron chi connectivity index (χ0n) is 30.9. The fraction of sp³-hybridized carbons (Fsp3) is 0.333. The highest BCUT2D eigenvalue weighted by Gasteiger charge is 2.48. The molecule has 0 aromatic heterocycles. The molecule has 5 aromatic carbocycles. The van der Waals surface area contributed by atoms with Crippen LogP contribution in [0.2, 0.25) is 0 Å². The van der Waals surface area contributed by atoms with Crippen molar-refractivity contribution < 1.29 is 18.6 Å². The summed E-state index contributed by atoms with van der Waals surface area (Å²) in [7, 11) is -0.646. The Morgan fingerprint density at radius 3 is 1.45 bits per heavy atom.